The molecule has 33 heavy (non-hydrogen) atoms. The Morgan fingerprint density at radius 2 is 2.09 bits per heavy atom. The van der Waals surface area contributed by atoms with Crippen molar-refractivity contribution in [1.82, 2.24) is 15.0 Å². The van der Waals surface area contributed by atoms with Gasteiger partial charge in [-0.15, -0.1) is 11.3 Å². The minimum atomic E-state index is -0.130. The van der Waals surface area contributed by atoms with E-state index < -0.39 is 0 Å². The second kappa shape index (κ2) is 11.2. The molecule has 4 rings (SSSR count). The van der Waals surface area contributed by atoms with Crippen molar-refractivity contribution in [2.75, 3.05) is 62.0 Å². The first-order valence-electron chi connectivity index (χ1n) is 11.4. The molecule has 4 heterocycles. The summed E-state index contributed by atoms with van der Waals surface area (Å²) in [6.45, 7) is 6.03. The first-order chi connectivity index (χ1) is 16.2. The molecular weight excluding hydrogens is 440 g/mol. The third-order valence-electron chi connectivity index (χ3n) is 5.35. The molecule has 0 unspecified atom stereocenters. The van der Waals surface area contributed by atoms with Crippen LogP contribution in [0.2, 0.25) is 0 Å². The van der Waals surface area contributed by atoms with Crippen molar-refractivity contribution in [2.24, 2.45) is 0 Å². The van der Waals surface area contributed by atoms with Crippen LogP contribution in [-0.4, -0.2) is 67.4 Å². The Labute approximate surface area is 197 Å². The highest BCUT2D eigenvalue weighted by atomic mass is 32.1. The summed E-state index contributed by atoms with van der Waals surface area (Å²) < 4.78 is 11.6. The summed E-state index contributed by atoms with van der Waals surface area (Å²) >= 11 is 1.66. The highest BCUT2D eigenvalue weighted by Crippen LogP contribution is 2.36. The predicted octanol–water partition coefficient (Wildman–Crippen LogP) is 3.78. The number of carbonyl (C=O) groups is 1. The lowest BCUT2D eigenvalue weighted by atomic mass is 10.2. The van der Waals surface area contributed by atoms with Crippen molar-refractivity contribution in [3.63, 3.8) is 0 Å². The Balaban J connectivity index is 1.53. The Morgan fingerprint density at radius 1 is 1.24 bits per heavy atom. The van der Waals surface area contributed by atoms with E-state index in [4.69, 9.17) is 19.4 Å². The molecule has 2 N–H and O–H groups in total. The number of thiophene rings is 1. The zero-order valence-electron chi connectivity index (χ0n) is 19.1. The largest absolute Gasteiger partial charge is 0.466 e. The number of pyridine rings is 1. The van der Waals surface area contributed by atoms with Crippen LogP contribution in [0.15, 0.2) is 24.4 Å². The number of hydrogen-bond donors (Lipinski definition) is 2. The molecule has 0 amide bonds. The zero-order chi connectivity index (χ0) is 23.0. The van der Waals surface area contributed by atoms with E-state index in [-0.39, 0.29) is 5.97 Å². The van der Waals surface area contributed by atoms with Crippen LogP contribution in [0.4, 0.5) is 16.6 Å². The quantitative estimate of drug-likeness (QED) is 0.339. The highest BCUT2D eigenvalue weighted by Gasteiger charge is 2.20. The van der Waals surface area contributed by atoms with Crippen LogP contribution in [0.25, 0.3) is 21.6 Å². The fourth-order valence-electron chi connectivity index (χ4n) is 3.63. The summed E-state index contributed by atoms with van der Waals surface area (Å²) in [6, 6.07) is 5.99. The van der Waals surface area contributed by atoms with Crippen molar-refractivity contribution < 1.29 is 14.3 Å². The molecule has 10 heteroatoms. The zero-order valence-corrected chi connectivity index (χ0v) is 19.9. The molecule has 176 valence electrons. The van der Waals surface area contributed by atoms with Crippen molar-refractivity contribution in [3.8, 4) is 11.4 Å². The van der Waals surface area contributed by atoms with Gasteiger partial charge in [0.05, 0.1) is 35.0 Å². The summed E-state index contributed by atoms with van der Waals surface area (Å²) in [4.78, 5) is 28.0. The lowest BCUT2D eigenvalue weighted by Gasteiger charge is -2.28. The third-order valence-corrected chi connectivity index (χ3v) is 6.43. The van der Waals surface area contributed by atoms with Gasteiger partial charge in [-0.05, 0) is 38.0 Å². The fourth-order valence-corrected chi connectivity index (χ4v) is 4.67. The number of nitrogens with zero attached hydrogens (tertiary/aromatic N) is 4. The number of ether oxygens (including phenoxy) is 2. The van der Waals surface area contributed by atoms with E-state index in [1.54, 1.807) is 17.5 Å². The standard InChI is InChI=1S/C23H30N6O3S/c1-3-32-20(30)6-4-5-9-25-19-14-17-21(33-19)23(29-10-12-31-13-11-29)28-22(27-17)16-7-8-18(24-2)26-15-16/h7-8,14-15,25H,3-6,9-13H2,1-2H3,(H,24,26). The molecule has 1 aliphatic rings. The Hall–Kier alpha value is -2.98. The summed E-state index contributed by atoms with van der Waals surface area (Å²) in [5.41, 5.74) is 1.79. The predicted molar refractivity (Wildman–Crippen MR) is 132 cm³/mol. The van der Waals surface area contributed by atoms with Gasteiger partial charge in [0.1, 0.15) is 5.82 Å². The number of esters is 1. The number of rotatable bonds is 10. The van der Waals surface area contributed by atoms with Crippen LogP contribution in [-0.2, 0) is 14.3 Å². The van der Waals surface area contributed by atoms with Crippen LogP contribution in [0, 0.1) is 0 Å². The lowest BCUT2D eigenvalue weighted by molar-refractivity contribution is -0.143. The van der Waals surface area contributed by atoms with Gasteiger partial charge < -0.3 is 25.0 Å². The van der Waals surface area contributed by atoms with Crippen LogP contribution < -0.4 is 15.5 Å². The average molecular weight is 471 g/mol. The van der Waals surface area contributed by atoms with Gasteiger partial charge in [-0.1, -0.05) is 0 Å². The Kier molecular flexibility index (Phi) is 7.90. The van der Waals surface area contributed by atoms with Gasteiger partial charge in [0.2, 0.25) is 0 Å². The molecule has 0 saturated carbocycles. The lowest BCUT2D eigenvalue weighted by Crippen LogP contribution is -2.36. The third kappa shape index (κ3) is 5.88. The molecule has 9 nitrogen and oxygen atoms in total. The number of morpholine rings is 1. The van der Waals surface area contributed by atoms with E-state index in [0.29, 0.717) is 32.1 Å². The number of carbonyl (C=O) groups excluding carboxylic acids is 1. The van der Waals surface area contributed by atoms with Gasteiger partial charge in [0.15, 0.2) is 11.6 Å². The highest BCUT2D eigenvalue weighted by molar-refractivity contribution is 7.23. The molecule has 3 aromatic heterocycles. The first-order valence-corrected chi connectivity index (χ1v) is 12.2. The summed E-state index contributed by atoms with van der Waals surface area (Å²) in [7, 11) is 1.85. The van der Waals surface area contributed by atoms with Crippen molar-refractivity contribution >= 4 is 44.2 Å². The molecule has 0 aliphatic carbocycles. The molecule has 1 saturated heterocycles. The molecule has 0 radical (unpaired) electrons. The average Bonchev–Trinajstić information content (AvgIpc) is 3.27. The topological polar surface area (TPSA) is 102 Å². The Bertz CT molecular complexity index is 1070. The normalized spacial score (nSPS) is 13.8. The number of fused-ring (bicyclic) bond motifs is 1. The van der Waals surface area contributed by atoms with Gasteiger partial charge in [0, 0.05) is 44.9 Å². The van der Waals surface area contributed by atoms with Gasteiger partial charge in [-0.25, -0.2) is 15.0 Å². The Morgan fingerprint density at radius 3 is 2.82 bits per heavy atom. The number of aromatic nitrogens is 3. The van der Waals surface area contributed by atoms with Gasteiger partial charge in [0.25, 0.3) is 0 Å². The van der Waals surface area contributed by atoms with Gasteiger partial charge in [-0.2, -0.15) is 0 Å². The van der Waals surface area contributed by atoms with Crippen molar-refractivity contribution in [1.29, 1.82) is 0 Å². The summed E-state index contributed by atoms with van der Waals surface area (Å²) in [5, 5.41) is 7.56. The monoisotopic (exact) mass is 470 g/mol. The second-order valence-corrected chi connectivity index (χ2v) is 8.72. The van der Waals surface area contributed by atoms with Crippen LogP contribution in [0.3, 0.4) is 0 Å². The number of hydrogen-bond acceptors (Lipinski definition) is 10. The summed E-state index contributed by atoms with van der Waals surface area (Å²) in [6.07, 6.45) is 3.95. The molecule has 1 aliphatic heterocycles. The maximum absolute atomic E-state index is 11.5. The van der Waals surface area contributed by atoms with E-state index in [0.717, 1.165) is 64.9 Å². The number of nitrogens with one attached hydrogen (secondary N) is 2. The van der Waals surface area contributed by atoms with E-state index in [9.17, 15) is 4.79 Å². The number of anilines is 3. The summed E-state index contributed by atoms with van der Waals surface area (Å²) in [5.74, 6) is 2.28. The molecule has 1 fully saturated rings. The smallest absolute Gasteiger partial charge is 0.305 e. The molecule has 0 atom stereocenters. The van der Waals surface area contributed by atoms with Gasteiger partial charge >= 0.3 is 5.97 Å². The van der Waals surface area contributed by atoms with Gasteiger partial charge in [-0.3, -0.25) is 4.79 Å². The maximum Gasteiger partial charge on any atom is 0.305 e. The fraction of sp³-hybridized carbons (Fsp3) is 0.478. The molecule has 0 spiro atoms. The van der Waals surface area contributed by atoms with Crippen LogP contribution in [0.1, 0.15) is 26.2 Å². The minimum absolute atomic E-state index is 0.130. The first kappa shape index (κ1) is 23.2. The number of unbranched alkanes of at least 4 members (excludes halogenated alkanes) is 1. The van der Waals surface area contributed by atoms with E-state index in [1.807, 2.05) is 26.1 Å². The molecule has 3 aromatic rings. The molecular formula is C23H30N6O3S. The van der Waals surface area contributed by atoms with Crippen molar-refractivity contribution in [3.05, 3.63) is 24.4 Å². The van der Waals surface area contributed by atoms with E-state index in [1.165, 1.54) is 0 Å². The minimum Gasteiger partial charge on any atom is -0.466 e. The van der Waals surface area contributed by atoms with Crippen LogP contribution in [0.5, 0.6) is 0 Å². The van der Waals surface area contributed by atoms with Crippen molar-refractivity contribution in [2.45, 2.75) is 26.2 Å². The van der Waals surface area contributed by atoms with E-state index >= 15 is 0 Å². The molecule has 0 bridgehead atoms. The maximum atomic E-state index is 11.5. The molecule has 0 aromatic carbocycles. The van der Waals surface area contributed by atoms with E-state index in [2.05, 4.69) is 26.6 Å². The van der Waals surface area contributed by atoms with Crippen LogP contribution >= 0.6 is 11.3 Å². The SMILES string of the molecule is CCOC(=O)CCCCNc1cc2nc(-c3ccc(NC)nc3)nc(N3CCOCC3)c2s1. The second-order valence-electron chi connectivity index (χ2n) is 7.67.